The summed E-state index contributed by atoms with van der Waals surface area (Å²) in [7, 11) is 1.56. The van der Waals surface area contributed by atoms with Gasteiger partial charge in [-0.05, 0) is 30.1 Å². The minimum atomic E-state index is -0.233. The van der Waals surface area contributed by atoms with Crippen LogP contribution in [0.1, 0.15) is 15.4 Å². The largest absolute Gasteiger partial charge is 0.494 e. The van der Waals surface area contributed by atoms with Gasteiger partial charge in [-0.1, -0.05) is 30.3 Å². The Bertz CT molecular complexity index is 1430. The molecule has 0 aliphatic heterocycles. The van der Waals surface area contributed by atoms with E-state index in [1.807, 2.05) is 49.5 Å². The predicted molar refractivity (Wildman–Crippen MR) is 127 cm³/mol. The van der Waals surface area contributed by atoms with Gasteiger partial charge in [-0.15, -0.1) is 11.3 Å². The van der Waals surface area contributed by atoms with E-state index in [1.54, 1.807) is 18.7 Å². The molecular weight excluding hydrogens is 442 g/mol. The maximum atomic E-state index is 12.8. The number of benzene rings is 2. The maximum Gasteiger partial charge on any atom is 0.267 e. The first-order valence-corrected chi connectivity index (χ1v) is 11.4. The van der Waals surface area contributed by atoms with Crippen molar-refractivity contribution in [2.24, 2.45) is 0 Å². The van der Waals surface area contributed by atoms with Crippen LogP contribution in [-0.2, 0) is 0 Å². The van der Waals surface area contributed by atoms with Crippen molar-refractivity contribution in [1.29, 1.82) is 0 Å². The summed E-state index contributed by atoms with van der Waals surface area (Å²) in [5, 5.41) is 3.75. The fourth-order valence-electron chi connectivity index (χ4n) is 3.47. The van der Waals surface area contributed by atoms with E-state index in [4.69, 9.17) is 4.74 Å². The molecule has 0 bridgehead atoms. The SMILES string of the molecule is COc1cc2ncnc(-c3cnsc3-c3ccccc3)c2cc1NC(=O)c1scnc1C. The van der Waals surface area contributed by atoms with E-state index in [0.29, 0.717) is 27.5 Å². The normalized spacial score (nSPS) is 10.9. The number of nitrogens with zero attached hydrogens (tertiary/aromatic N) is 4. The van der Waals surface area contributed by atoms with E-state index in [-0.39, 0.29) is 5.91 Å². The van der Waals surface area contributed by atoms with Crippen molar-refractivity contribution in [3.63, 3.8) is 0 Å². The van der Waals surface area contributed by atoms with E-state index < -0.39 is 0 Å². The van der Waals surface area contributed by atoms with Crippen LogP contribution in [0.3, 0.4) is 0 Å². The Morgan fingerprint density at radius 2 is 1.94 bits per heavy atom. The first-order chi connectivity index (χ1) is 15.7. The number of hydrogen-bond donors (Lipinski definition) is 1. The van der Waals surface area contributed by atoms with Crippen LogP contribution in [0.2, 0.25) is 0 Å². The molecule has 3 aromatic heterocycles. The molecule has 5 rings (SSSR count). The predicted octanol–water partition coefficient (Wildman–Crippen LogP) is 5.45. The molecule has 0 saturated heterocycles. The zero-order valence-electron chi connectivity index (χ0n) is 17.2. The number of thiazole rings is 1. The van der Waals surface area contributed by atoms with E-state index in [9.17, 15) is 4.79 Å². The van der Waals surface area contributed by atoms with Gasteiger partial charge < -0.3 is 10.1 Å². The van der Waals surface area contributed by atoms with Crippen molar-refractivity contribution in [1.82, 2.24) is 19.3 Å². The molecule has 0 saturated carbocycles. The van der Waals surface area contributed by atoms with Gasteiger partial charge in [-0.3, -0.25) is 4.79 Å². The number of anilines is 1. The second-order valence-corrected chi connectivity index (χ2v) is 8.60. The van der Waals surface area contributed by atoms with Crippen LogP contribution in [0.5, 0.6) is 5.75 Å². The molecule has 0 spiro atoms. The number of aromatic nitrogens is 4. The van der Waals surface area contributed by atoms with Crippen LogP contribution in [0.15, 0.2) is 60.5 Å². The molecule has 5 aromatic rings. The topological polar surface area (TPSA) is 89.9 Å². The van der Waals surface area contributed by atoms with Gasteiger partial charge in [-0.2, -0.15) is 4.37 Å². The molecule has 0 unspecified atom stereocenters. The summed E-state index contributed by atoms with van der Waals surface area (Å²) in [6, 6.07) is 13.7. The molecule has 0 fully saturated rings. The van der Waals surface area contributed by atoms with Crippen LogP contribution in [0, 0.1) is 6.92 Å². The first-order valence-electron chi connectivity index (χ1n) is 9.70. The van der Waals surface area contributed by atoms with Crippen molar-refractivity contribution in [2.45, 2.75) is 6.92 Å². The molecule has 32 heavy (non-hydrogen) atoms. The molecule has 3 heterocycles. The van der Waals surface area contributed by atoms with Gasteiger partial charge in [0.15, 0.2) is 0 Å². The lowest BCUT2D eigenvalue weighted by atomic mass is 10.0. The monoisotopic (exact) mass is 459 g/mol. The summed E-state index contributed by atoms with van der Waals surface area (Å²) in [6.45, 7) is 1.81. The number of amides is 1. The summed E-state index contributed by atoms with van der Waals surface area (Å²) in [5.74, 6) is 0.285. The smallest absolute Gasteiger partial charge is 0.267 e. The van der Waals surface area contributed by atoms with E-state index >= 15 is 0 Å². The molecule has 1 amide bonds. The van der Waals surface area contributed by atoms with Crippen LogP contribution in [0.25, 0.3) is 32.6 Å². The quantitative estimate of drug-likeness (QED) is 0.376. The first kappa shape index (κ1) is 20.2. The highest BCUT2D eigenvalue weighted by Crippen LogP contribution is 2.39. The lowest BCUT2D eigenvalue weighted by Gasteiger charge is -2.13. The Morgan fingerprint density at radius 1 is 1.09 bits per heavy atom. The molecule has 2 aromatic carbocycles. The van der Waals surface area contributed by atoms with Crippen LogP contribution in [-0.4, -0.2) is 32.3 Å². The molecule has 158 valence electrons. The zero-order valence-corrected chi connectivity index (χ0v) is 18.8. The molecule has 9 heteroatoms. The van der Waals surface area contributed by atoms with Crippen molar-refractivity contribution in [2.75, 3.05) is 12.4 Å². The number of carbonyl (C=O) groups excluding carboxylic acids is 1. The summed E-state index contributed by atoms with van der Waals surface area (Å²) in [6.07, 6.45) is 3.35. The third-order valence-electron chi connectivity index (χ3n) is 5.02. The van der Waals surface area contributed by atoms with Gasteiger partial charge >= 0.3 is 0 Å². The van der Waals surface area contributed by atoms with Gasteiger partial charge in [-0.25, -0.2) is 15.0 Å². The van der Waals surface area contributed by atoms with Crippen molar-refractivity contribution < 1.29 is 9.53 Å². The van der Waals surface area contributed by atoms with Crippen molar-refractivity contribution >= 4 is 45.4 Å². The second kappa shape index (κ2) is 8.45. The Balaban J connectivity index is 1.64. The number of hydrogen-bond acceptors (Lipinski definition) is 8. The summed E-state index contributed by atoms with van der Waals surface area (Å²) in [4.78, 5) is 27.5. The second-order valence-electron chi connectivity index (χ2n) is 6.95. The molecule has 0 aliphatic carbocycles. The highest BCUT2D eigenvalue weighted by molar-refractivity contribution is 7.12. The highest BCUT2D eigenvalue weighted by Gasteiger charge is 2.19. The molecule has 7 nitrogen and oxygen atoms in total. The number of methoxy groups -OCH3 is 1. The van der Waals surface area contributed by atoms with Gasteiger partial charge in [0.2, 0.25) is 0 Å². The third-order valence-corrected chi connectivity index (χ3v) is 6.79. The van der Waals surface area contributed by atoms with Gasteiger partial charge in [0.25, 0.3) is 5.91 Å². The number of fused-ring (bicyclic) bond motifs is 1. The zero-order chi connectivity index (χ0) is 22.1. The number of aryl methyl sites for hydroxylation is 1. The minimum absolute atomic E-state index is 0.233. The van der Waals surface area contributed by atoms with Gasteiger partial charge in [0.05, 0.1) is 46.3 Å². The molecule has 1 N–H and O–H groups in total. The molecule has 0 radical (unpaired) electrons. The molecule has 0 aliphatic rings. The standard InChI is InChI=1S/C23H17N5O2S2/c1-13-21(31-12-26-13)23(29)28-18-8-15-17(9-19(18)30-2)24-11-25-20(15)16-10-27-32-22(16)14-6-4-3-5-7-14/h3-12H,1-2H3,(H,28,29). The third kappa shape index (κ3) is 3.61. The lowest BCUT2D eigenvalue weighted by molar-refractivity contribution is 0.102. The summed E-state index contributed by atoms with van der Waals surface area (Å²) >= 11 is 2.72. The Labute approximate surface area is 192 Å². The number of nitrogens with one attached hydrogen (secondary N) is 1. The number of ether oxygens (including phenoxy) is 1. The Morgan fingerprint density at radius 3 is 2.69 bits per heavy atom. The van der Waals surface area contributed by atoms with Crippen LogP contribution >= 0.6 is 22.9 Å². The van der Waals surface area contributed by atoms with E-state index in [0.717, 1.165) is 27.1 Å². The van der Waals surface area contributed by atoms with Crippen LogP contribution in [0.4, 0.5) is 5.69 Å². The number of rotatable bonds is 5. The summed E-state index contributed by atoms with van der Waals surface area (Å²) < 4.78 is 9.94. The number of carbonyl (C=O) groups is 1. The minimum Gasteiger partial charge on any atom is -0.494 e. The Hall–Kier alpha value is -3.69. The maximum absolute atomic E-state index is 12.8. The highest BCUT2D eigenvalue weighted by atomic mass is 32.1. The lowest BCUT2D eigenvalue weighted by Crippen LogP contribution is -2.12. The average molecular weight is 460 g/mol. The van der Waals surface area contributed by atoms with Crippen molar-refractivity contribution in [3.8, 4) is 27.4 Å². The fourth-order valence-corrected chi connectivity index (χ4v) is 4.92. The van der Waals surface area contributed by atoms with E-state index in [1.165, 1.54) is 29.2 Å². The van der Waals surface area contributed by atoms with Crippen molar-refractivity contribution in [3.05, 3.63) is 71.1 Å². The van der Waals surface area contributed by atoms with Gasteiger partial charge in [0, 0.05) is 17.0 Å². The summed E-state index contributed by atoms with van der Waals surface area (Å²) in [5.41, 5.74) is 6.32. The fraction of sp³-hybridized carbons (Fsp3) is 0.0870. The Kier molecular flexibility index (Phi) is 5.34. The molecule has 0 atom stereocenters. The average Bonchev–Trinajstić information content (AvgIpc) is 3.48. The molecular formula is C23H17N5O2S2. The van der Waals surface area contributed by atoms with Crippen LogP contribution < -0.4 is 10.1 Å². The van der Waals surface area contributed by atoms with E-state index in [2.05, 4.69) is 24.6 Å². The van der Waals surface area contributed by atoms with Gasteiger partial charge in [0.1, 0.15) is 17.0 Å².